The molecule has 0 radical (unpaired) electrons. The number of rotatable bonds is 7. The van der Waals surface area contributed by atoms with Gasteiger partial charge >= 0.3 is 0 Å². The third-order valence-electron chi connectivity index (χ3n) is 3.68. The fourth-order valence-electron chi connectivity index (χ4n) is 2.36. The number of halogens is 2. The Kier molecular flexibility index (Phi) is 6.12. The number of benzene rings is 1. The second kappa shape index (κ2) is 8.72. The second-order valence-electron chi connectivity index (χ2n) is 5.64. The number of pyridine rings is 1. The zero-order valence-corrected chi connectivity index (χ0v) is 15.3. The van der Waals surface area contributed by atoms with Crippen LogP contribution in [0.25, 0.3) is 11.3 Å². The number of nitrogens with two attached hydrogens (primary N) is 1. The molecule has 10 heteroatoms. The maximum absolute atomic E-state index is 14.0. The van der Waals surface area contributed by atoms with Gasteiger partial charge in [0, 0.05) is 24.6 Å². The van der Waals surface area contributed by atoms with Crippen molar-refractivity contribution in [3.8, 4) is 16.3 Å². The Labute approximate surface area is 163 Å². The summed E-state index contributed by atoms with van der Waals surface area (Å²) in [6.07, 6.45) is 1.82. The normalized spacial score (nSPS) is 10.7. The molecule has 0 unspecified atom stereocenters. The number of hydrogen-bond donors (Lipinski definition) is 3. The van der Waals surface area contributed by atoms with Gasteiger partial charge in [-0.2, -0.15) is 4.37 Å². The Morgan fingerprint density at radius 1 is 1.25 bits per heavy atom. The van der Waals surface area contributed by atoms with Crippen LogP contribution in [-0.2, 0) is 0 Å². The highest BCUT2D eigenvalue weighted by atomic mass is 32.1. The molecule has 0 spiro atoms. The molecule has 0 aliphatic heterocycles. The first-order chi connectivity index (χ1) is 13.5. The van der Waals surface area contributed by atoms with Gasteiger partial charge in [0.2, 0.25) is 5.06 Å². The monoisotopic (exact) mass is 406 g/mol. The summed E-state index contributed by atoms with van der Waals surface area (Å²) in [5, 5.41) is 11.7. The topological polar surface area (TPSA) is 110 Å². The molecule has 146 valence electrons. The number of carbonyl (C=O) groups excluding carboxylic acids is 1. The number of anilines is 2. The van der Waals surface area contributed by atoms with Crippen LogP contribution < -0.4 is 15.8 Å². The number of aliphatic hydroxyl groups is 1. The van der Waals surface area contributed by atoms with Crippen molar-refractivity contribution in [2.24, 2.45) is 0 Å². The number of nitrogens with zero attached hydrogens (tertiary/aromatic N) is 2. The summed E-state index contributed by atoms with van der Waals surface area (Å²) in [5.41, 5.74) is 5.58. The van der Waals surface area contributed by atoms with Gasteiger partial charge in [0.1, 0.15) is 17.3 Å². The van der Waals surface area contributed by atoms with Gasteiger partial charge in [-0.3, -0.25) is 4.79 Å². The van der Waals surface area contributed by atoms with Crippen LogP contribution in [-0.4, -0.2) is 33.6 Å². The van der Waals surface area contributed by atoms with Crippen molar-refractivity contribution < 1.29 is 23.4 Å². The van der Waals surface area contributed by atoms with E-state index in [1.165, 1.54) is 24.4 Å². The van der Waals surface area contributed by atoms with E-state index >= 15 is 0 Å². The fourth-order valence-corrected chi connectivity index (χ4v) is 2.95. The summed E-state index contributed by atoms with van der Waals surface area (Å²) < 4.78 is 37.4. The van der Waals surface area contributed by atoms with Crippen molar-refractivity contribution in [1.82, 2.24) is 9.36 Å². The lowest BCUT2D eigenvalue weighted by Gasteiger charge is -2.10. The van der Waals surface area contributed by atoms with Crippen LogP contribution in [0, 0.1) is 11.6 Å². The molecule has 0 saturated carbocycles. The third-order valence-corrected chi connectivity index (χ3v) is 4.40. The molecular formula is C18H16F2N4O3S. The zero-order valence-electron chi connectivity index (χ0n) is 14.5. The smallest absolute Gasteiger partial charge is 0.276 e. The summed E-state index contributed by atoms with van der Waals surface area (Å²) in [6, 6.07) is 6.13. The zero-order chi connectivity index (χ0) is 20.1. The van der Waals surface area contributed by atoms with Crippen molar-refractivity contribution in [3.05, 3.63) is 53.9 Å². The number of carbonyl (C=O) groups is 1. The number of hydrogen-bond acceptors (Lipinski definition) is 7. The Hall–Kier alpha value is -3.11. The van der Waals surface area contributed by atoms with Crippen LogP contribution in [0.1, 0.15) is 16.9 Å². The SMILES string of the molecule is Nc1ccc(-c2c(F)cccc2F)nc1C(=O)Nc1cnsc1OCCCO. The van der Waals surface area contributed by atoms with Gasteiger partial charge < -0.3 is 20.9 Å². The van der Waals surface area contributed by atoms with Crippen molar-refractivity contribution in [1.29, 1.82) is 0 Å². The Morgan fingerprint density at radius 3 is 2.71 bits per heavy atom. The van der Waals surface area contributed by atoms with Gasteiger partial charge in [-0.25, -0.2) is 13.8 Å². The van der Waals surface area contributed by atoms with Crippen LogP contribution in [0.4, 0.5) is 20.2 Å². The molecular weight excluding hydrogens is 390 g/mol. The number of aromatic nitrogens is 2. The van der Waals surface area contributed by atoms with E-state index < -0.39 is 17.5 Å². The molecule has 0 atom stereocenters. The Bertz CT molecular complexity index is 976. The molecule has 0 aliphatic rings. The van der Waals surface area contributed by atoms with E-state index in [0.717, 1.165) is 23.7 Å². The molecule has 1 aromatic carbocycles. The summed E-state index contributed by atoms with van der Waals surface area (Å²) in [7, 11) is 0. The maximum atomic E-state index is 14.0. The van der Waals surface area contributed by atoms with Gasteiger partial charge in [-0.05, 0) is 24.3 Å². The highest BCUT2D eigenvalue weighted by molar-refractivity contribution is 7.08. The van der Waals surface area contributed by atoms with E-state index in [0.29, 0.717) is 17.2 Å². The van der Waals surface area contributed by atoms with E-state index in [-0.39, 0.29) is 35.9 Å². The predicted octanol–water partition coefficient (Wildman–Crippen LogP) is 3.08. The van der Waals surface area contributed by atoms with Crippen molar-refractivity contribution in [3.63, 3.8) is 0 Å². The van der Waals surface area contributed by atoms with Crippen LogP contribution in [0.2, 0.25) is 0 Å². The first-order valence-corrected chi connectivity index (χ1v) is 8.99. The predicted molar refractivity (Wildman–Crippen MR) is 101 cm³/mol. The standard InChI is InChI=1S/C18H16F2N4O3S/c19-10-3-1-4-11(20)15(10)13-6-5-12(21)16(23-13)17(26)24-14-9-22-28-18(14)27-8-2-7-25/h1,3-6,9,25H,2,7-8,21H2,(H,24,26). The van der Waals surface area contributed by atoms with E-state index in [4.69, 9.17) is 15.6 Å². The number of nitrogens with one attached hydrogen (secondary N) is 1. The van der Waals surface area contributed by atoms with Gasteiger partial charge in [0.05, 0.1) is 29.7 Å². The van der Waals surface area contributed by atoms with E-state index in [1.807, 2.05) is 0 Å². The summed E-state index contributed by atoms with van der Waals surface area (Å²) in [5.74, 6) is -2.28. The van der Waals surface area contributed by atoms with Gasteiger partial charge in [0.15, 0.2) is 5.69 Å². The van der Waals surface area contributed by atoms with Crippen LogP contribution in [0.5, 0.6) is 5.06 Å². The first-order valence-electron chi connectivity index (χ1n) is 8.22. The fraction of sp³-hybridized carbons (Fsp3) is 0.167. The molecule has 0 saturated heterocycles. The molecule has 0 fully saturated rings. The lowest BCUT2D eigenvalue weighted by molar-refractivity contribution is 0.102. The molecule has 7 nitrogen and oxygen atoms in total. The third kappa shape index (κ3) is 4.24. The van der Waals surface area contributed by atoms with Gasteiger partial charge in [-0.1, -0.05) is 6.07 Å². The van der Waals surface area contributed by atoms with Crippen molar-refractivity contribution >= 4 is 28.8 Å². The molecule has 0 bridgehead atoms. The van der Waals surface area contributed by atoms with Crippen LogP contribution in [0.15, 0.2) is 36.5 Å². The molecule has 3 rings (SSSR count). The van der Waals surface area contributed by atoms with E-state index in [2.05, 4.69) is 14.7 Å². The Morgan fingerprint density at radius 2 is 2.00 bits per heavy atom. The molecule has 28 heavy (non-hydrogen) atoms. The van der Waals surface area contributed by atoms with E-state index in [9.17, 15) is 13.6 Å². The number of aliphatic hydroxyl groups excluding tert-OH is 1. The molecule has 3 aromatic rings. The quantitative estimate of drug-likeness (QED) is 0.520. The van der Waals surface area contributed by atoms with Crippen LogP contribution in [0.3, 0.4) is 0 Å². The summed E-state index contributed by atoms with van der Waals surface area (Å²) >= 11 is 1.03. The minimum Gasteiger partial charge on any atom is -0.481 e. The molecule has 2 aromatic heterocycles. The molecule has 4 N–H and O–H groups in total. The number of nitrogen functional groups attached to an aromatic ring is 1. The lowest BCUT2D eigenvalue weighted by Crippen LogP contribution is -2.16. The average molecular weight is 406 g/mol. The minimum atomic E-state index is -0.801. The largest absolute Gasteiger partial charge is 0.481 e. The van der Waals surface area contributed by atoms with Gasteiger partial charge in [-0.15, -0.1) is 0 Å². The van der Waals surface area contributed by atoms with Crippen molar-refractivity contribution in [2.75, 3.05) is 24.3 Å². The highest BCUT2D eigenvalue weighted by Gasteiger charge is 2.19. The van der Waals surface area contributed by atoms with Crippen LogP contribution >= 0.6 is 11.5 Å². The molecule has 2 heterocycles. The number of amides is 1. The highest BCUT2D eigenvalue weighted by Crippen LogP contribution is 2.30. The minimum absolute atomic E-state index is 0.0274. The second-order valence-corrected chi connectivity index (χ2v) is 6.40. The Balaban J connectivity index is 1.86. The first kappa shape index (κ1) is 19.6. The molecule has 0 aliphatic carbocycles. The number of ether oxygens (including phenoxy) is 1. The average Bonchev–Trinajstić information content (AvgIpc) is 3.10. The summed E-state index contributed by atoms with van der Waals surface area (Å²) in [6.45, 7) is 0.227. The summed E-state index contributed by atoms with van der Waals surface area (Å²) in [4.78, 5) is 16.7. The van der Waals surface area contributed by atoms with E-state index in [1.54, 1.807) is 0 Å². The van der Waals surface area contributed by atoms with Crippen molar-refractivity contribution in [2.45, 2.75) is 6.42 Å². The molecule has 1 amide bonds. The van der Waals surface area contributed by atoms with Gasteiger partial charge in [0.25, 0.3) is 5.91 Å². The maximum Gasteiger partial charge on any atom is 0.276 e. The lowest BCUT2D eigenvalue weighted by atomic mass is 10.1.